The van der Waals surface area contributed by atoms with Crippen LogP contribution in [0.4, 0.5) is 0 Å². The average Bonchev–Trinajstić information content (AvgIpc) is 2.54. The highest BCUT2D eigenvalue weighted by Gasteiger charge is 2.31. The number of hydrogen-bond acceptors (Lipinski definition) is 1. The van der Waals surface area contributed by atoms with E-state index in [0.29, 0.717) is 17.7 Å². The Morgan fingerprint density at radius 2 is 1.11 bits per heavy atom. The fourth-order valence-electron chi connectivity index (χ4n) is 3.62. The third-order valence-corrected chi connectivity index (χ3v) is 5.04. The van der Waals surface area contributed by atoms with Crippen LogP contribution in [0, 0.1) is 13.8 Å². The predicted molar refractivity (Wildman–Crippen MR) is 113 cm³/mol. The van der Waals surface area contributed by atoms with Crippen molar-refractivity contribution >= 4 is 0 Å². The summed E-state index contributed by atoms with van der Waals surface area (Å²) in [5.74, 6) is -0.0653. The van der Waals surface area contributed by atoms with Crippen molar-refractivity contribution in [2.75, 3.05) is 6.61 Å². The minimum atomic E-state index is -0.660. The molecule has 0 unspecified atom stereocenters. The molecule has 3 nitrogen and oxygen atoms in total. The molecule has 2 aromatic carbocycles. The molecule has 3 heteroatoms. The summed E-state index contributed by atoms with van der Waals surface area (Å²) in [5, 5.41) is 26.7. The maximum absolute atomic E-state index is 13.4. The molecule has 0 saturated carbocycles. The smallest absolute Gasteiger partial charge is 0.188 e. The van der Waals surface area contributed by atoms with Crippen LogP contribution >= 0.6 is 0 Å². The molecule has 2 radical (unpaired) electrons. The fourth-order valence-corrected chi connectivity index (χ4v) is 3.62. The van der Waals surface area contributed by atoms with Crippen LogP contribution in [0.15, 0.2) is 24.3 Å². The molecule has 0 saturated heterocycles. The zero-order valence-corrected chi connectivity index (χ0v) is 18.8. The van der Waals surface area contributed by atoms with Crippen LogP contribution in [-0.4, -0.2) is 6.61 Å². The van der Waals surface area contributed by atoms with E-state index in [1.54, 1.807) is 0 Å². The van der Waals surface area contributed by atoms with E-state index >= 15 is 0 Å². The third-order valence-electron chi connectivity index (χ3n) is 5.04. The molecule has 152 valence electrons. The van der Waals surface area contributed by atoms with Gasteiger partial charge in [0.1, 0.15) is 6.10 Å². The molecular formula is C25H34O3. The van der Waals surface area contributed by atoms with E-state index in [2.05, 4.69) is 0 Å². The van der Waals surface area contributed by atoms with E-state index in [0.717, 1.165) is 22.3 Å². The summed E-state index contributed by atoms with van der Waals surface area (Å²) < 4.78 is 6.02. The Hall–Kier alpha value is -2.00. The summed E-state index contributed by atoms with van der Waals surface area (Å²) in [6.07, 6.45) is -0.660. The van der Waals surface area contributed by atoms with Gasteiger partial charge in [0, 0.05) is 28.9 Å². The maximum atomic E-state index is 13.4. The molecule has 0 aliphatic heterocycles. The van der Waals surface area contributed by atoms with Gasteiger partial charge in [0.25, 0.3) is 0 Å². The maximum Gasteiger partial charge on any atom is 0.188 e. The molecule has 0 spiro atoms. The van der Waals surface area contributed by atoms with Gasteiger partial charge < -0.3 is 4.74 Å². The quantitative estimate of drug-likeness (QED) is 0.547. The molecule has 0 aliphatic rings. The first-order valence-corrected chi connectivity index (χ1v) is 10.0. The van der Waals surface area contributed by atoms with Gasteiger partial charge in [0.15, 0.2) is 11.5 Å². The molecule has 0 fully saturated rings. The summed E-state index contributed by atoms with van der Waals surface area (Å²) in [5.41, 5.74) is 4.05. The van der Waals surface area contributed by atoms with Crippen LogP contribution in [0.1, 0.15) is 88.0 Å². The van der Waals surface area contributed by atoms with Gasteiger partial charge in [-0.25, -0.2) is 0 Å². The fraction of sp³-hybridized carbons (Fsp3) is 0.520. The number of aryl methyl sites for hydroxylation is 2. The average molecular weight is 383 g/mol. The minimum absolute atomic E-state index is 0.0326. The summed E-state index contributed by atoms with van der Waals surface area (Å²) in [6, 6.07) is 7.64. The lowest BCUT2D eigenvalue weighted by Gasteiger charge is -2.27. The van der Waals surface area contributed by atoms with E-state index in [9.17, 15) is 10.2 Å². The number of hydrogen-bond donors (Lipinski definition) is 0. The van der Waals surface area contributed by atoms with Crippen molar-refractivity contribution < 1.29 is 14.9 Å². The van der Waals surface area contributed by atoms with Gasteiger partial charge in [-0.15, -0.1) is 0 Å². The van der Waals surface area contributed by atoms with Gasteiger partial charge in [-0.1, -0.05) is 64.8 Å². The number of rotatable bonds is 4. The molecule has 2 rings (SSSR count). The molecule has 2 aromatic rings. The van der Waals surface area contributed by atoms with Crippen molar-refractivity contribution in [2.24, 2.45) is 0 Å². The standard InChI is InChI=1S/C25H34O3/c1-10-28-23(17-11-15(2)13-19(21(17)26)24(4,5)6)18-12-16(3)14-20(22(18)27)25(7,8)9/h11-14,23H,10H2,1-9H3. The van der Waals surface area contributed by atoms with Crippen molar-refractivity contribution in [3.8, 4) is 11.5 Å². The van der Waals surface area contributed by atoms with Gasteiger partial charge in [-0.3, -0.25) is 10.2 Å². The SMILES string of the molecule is CCOC(c1cc(C)cc(C(C)(C)C)c1[O])c1cc(C)cc(C(C)(C)C)c1[O]. The highest BCUT2D eigenvalue weighted by molar-refractivity contribution is 5.55. The largest absolute Gasteiger partial charge is 0.369 e. The van der Waals surface area contributed by atoms with Gasteiger partial charge in [-0.2, -0.15) is 0 Å². The van der Waals surface area contributed by atoms with Crippen LogP contribution in [0.3, 0.4) is 0 Å². The molecular weight excluding hydrogens is 348 g/mol. The minimum Gasteiger partial charge on any atom is -0.369 e. The Balaban J connectivity index is 2.79. The Labute approximate surface area is 170 Å². The second-order valence-electron chi connectivity index (χ2n) is 9.80. The van der Waals surface area contributed by atoms with Crippen LogP contribution in [-0.2, 0) is 25.8 Å². The molecule has 0 aromatic heterocycles. The topological polar surface area (TPSA) is 49.0 Å². The zero-order chi connectivity index (χ0) is 21.4. The van der Waals surface area contributed by atoms with Gasteiger partial charge in [0.2, 0.25) is 0 Å². The summed E-state index contributed by atoms with van der Waals surface area (Å²) in [6.45, 7) is 18.5. The van der Waals surface area contributed by atoms with Crippen LogP contribution in [0.25, 0.3) is 0 Å². The second kappa shape index (κ2) is 7.79. The van der Waals surface area contributed by atoms with Crippen LogP contribution < -0.4 is 0 Å². The predicted octanol–water partition coefficient (Wildman–Crippen LogP) is 7.31. The van der Waals surface area contributed by atoms with E-state index in [4.69, 9.17) is 4.74 Å². The zero-order valence-electron chi connectivity index (χ0n) is 18.8. The monoisotopic (exact) mass is 382 g/mol. The molecule has 0 heterocycles. The molecule has 0 bridgehead atoms. The van der Waals surface area contributed by atoms with Crippen molar-refractivity contribution in [2.45, 2.75) is 79.2 Å². The summed E-state index contributed by atoms with van der Waals surface area (Å²) in [7, 11) is 0. The Morgan fingerprint density at radius 1 is 0.750 bits per heavy atom. The van der Waals surface area contributed by atoms with Gasteiger partial charge >= 0.3 is 0 Å². The van der Waals surface area contributed by atoms with E-state index in [1.165, 1.54) is 0 Å². The van der Waals surface area contributed by atoms with Crippen molar-refractivity contribution in [3.05, 3.63) is 57.6 Å². The highest BCUT2D eigenvalue weighted by atomic mass is 16.5. The van der Waals surface area contributed by atoms with Crippen molar-refractivity contribution in [3.63, 3.8) is 0 Å². The lowest BCUT2D eigenvalue weighted by atomic mass is 9.81. The first kappa shape index (κ1) is 22.3. The first-order chi connectivity index (χ1) is 12.8. The lowest BCUT2D eigenvalue weighted by Crippen LogP contribution is -2.16. The molecule has 0 N–H and O–H groups in total. The first-order valence-electron chi connectivity index (χ1n) is 10.0. The van der Waals surface area contributed by atoms with Crippen LogP contribution in [0.5, 0.6) is 11.5 Å². The van der Waals surface area contributed by atoms with Crippen molar-refractivity contribution in [1.29, 1.82) is 0 Å². The Morgan fingerprint density at radius 3 is 1.39 bits per heavy atom. The third kappa shape index (κ3) is 4.52. The summed E-state index contributed by atoms with van der Waals surface area (Å²) in [4.78, 5) is 0. The normalized spacial score (nSPS) is 12.6. The summed E-state index contributed by atoms with van der Waals surface area (Å²) >= 11 is 0. The number of benzene rings is 2. The van der Waals surface area contributed by atoms with Crippen molar-refractivity contribution in [1.82, 2.24) is 0 Å². The van der Waals surface area contributed by atoms with Crippen LogP contribution in [0.2, 0.25) is 0 Å². The van der Waals surface area contributed by atoms with E-state index in [1.807, 2.05) is 86.6 Å². The van der Waals surface area contributed by atoms with Gasteiger partial charge in [0.05, 0.1) is 0 Å². The molecule has 0 atom stereocenters. The highest BCUT2D eigenvalue weighted by Crippen LogP contribution is 2.45. The lowest BCUT2D eigenvalue weighted by molar-refractivity contribution is 0.0848. The van der Waals surface area contributed by atoms with E-state index in [-0.39, 0.29) is 22.3 Å². The Bertz CT molecular complexity index is 782. The Kier molecular flexibility index (Phi) is 6.20. The second-order valence-corrected chi connectivity index (χ2v) is 9.80. The molecule has 0 amide bonds. The number of ether oxygens (including phenoxy) is 1. The van der Waals surface area contributed by atoms with Gasteiger partial charge in [-0.05, 0) is 43.7 Å². The molecule has 28 heavy (non-hydrogen) atoms. The van der Waals surface area contributed by atoms with E-state index < -0.39 is 6.10 Å². The molecule has 0 aliphatic carbocycles.